The number of halogens is 5. The zero-order chi connectivity index (χ0) is 26.4. The maximum Gasteiger partial charge on any atom is 0.207 e. The van der Waals surface area contributed by atoms with E-state index in [9.17, 15) is 11.0 Å². The van der Waals surface area contributed by atoms with Gasteiger partial charge in [-0.05, 0) is 42.7 Å². The van der Waals surface area contributed by atoms with Gasteiger partial charge in [-0.1, -0.05) is 58.5 Å². The number of aromatic nitrogens is 1. The fourth-order valence-corrected chi connectivity index (χ4v) is 4.32. The van der Waals surface area contributed by atoms with E-state index in [1.165, 1.54) is 18.3 Å². The molecule has 0 spiro atoms. The Bertz CT molecular complexity index is 1420. The number of benzene rings is 2. The minimum Gasteiger partial charge on any atom is -0.379 e. The minimum absolute atomic E-state index is 0.0713. The molecule has 4 N–H and O–H groups in total. The molecular formula is C24H20Cl4FN7. The predicted octanol–water partition coefficient (Wildman–Crippen LogP) is 6.16. The van der Waals surface area contributed by atoms with Crippen molar-refractivity contribution in [1.29, 1.82) is 5.26 Å². The summed E-state index contributed by atoms with van der Waals surface area (Å²) in [7, 11) is 0. The van der Waals surface area contributed by atoms with Crippen LogP contribution >= 0.6 is 46.4 Å². The number of nitriles is 1. The monoisotopic (exact) mass is 566 g/mol. The number of anilines is 2. The average molecular weight is 568 g/mol. The van der Waals surface area contributed by atoms with Gasteiger partial charge in [-0.3, -0.25) is 9.99 Å². The van der Waals surface area contributed by atoms with Gasteiger partial charge in [0.05, 0.1) is 41.4 Å². The molecule has 2 aliphatic rings. The first-order valence-electron chi connectivity index (χ1n) is 11.5. The highest BCUT2D eigenvalue weighted by Gasteiger charge is 2.32. The molecular weight excluding hydrogens is 547 g/mol. The zero-order valence-corrected chi connectivity index (χ0v) is 21.6. The van der Waals surface area contributed by atoms with Crippen molar-refractivity contribution < 1.29 is 5.76 Å². The number of nitrogens with zero attached hydrogens (tertiary/aromatic N) is 3. The number of hydrazine groups is 2. The van der Waals surface area contributed by atoms with Crippen LogP contribution in [0.1, 0.15) is 31.4 Å². The van der Waals surface area contributed by atoms with Crippen LogP contribution in [0.2, 0.25) is 5.02 Å². The summed E-state index contributed by atoms with van der Waals surface area (Å²) < 4.78 is 21.6. The van der Waals surface area contributed by atoms with Crippen LogP contribution in [0.15, 0.2) is 54.5 Å². The fraction of sp³-hybridized carbons (Fsp3) is 0.250. The molecule has 186 valence electrons. The quantitative estimate of drug-likeness (QED) is 0.254. The molecule has 0 unspecified atom stereocenters. The molecule has 1 aliphatic heterocycles. The maximum atomic E-state index is 13.7. The fourth-order valence-electron chi connectivity index (χ4n) is 3.86. The number of hydrogen-bond donors (Lipinski definition) is 4. The predicted molar refractivity (Wildman–Crippen MR) is 142 cm³/mol. The van der Waals surface area contributed by atoms with Crippen LogP contribution in [-0.2, 0) is 0 Å². The standard InChI is InChI=1S/C24H20Cl4FN7/c25-19-8-16(7-18-21(32-12-24(26,27)28)14(9-30)10-31-23(18)19)33-22(13-1-3-15(29)4-2-13)20-11-36(35-34-20)17-5-6-17/h1-4,7-8,10-11,17,22,33-35H,5-6,12H2,(H,31,32)/t22-/m1/s1/i22D. The third kappa shape index (κ3) is 5.51. The van der Waals surface area contributed by atoms with E-state index in [1.54, 1.807) is 24.3 Å². The van der Waals surface area contributed by atoms with E-state index in [0.29, 0.717) is 39.6 Å². The molecule has 0 bridgehead atoms. The molecule has 2 heterocycles. The third-order valence-corrected chi connectivity index (χ3v) is 6.40. The van der Waals surface area contributed by atoms with Crippen LogP contribution < -0.4 is 21.6 Å². The Hall–Kier alpha value is -2.67. The first-order chi connectivity index (χ1) is 17.6. The number of alkyl halides is 3. The second kappa shape index (κ2) is 10.0. The highest BCUT2D eigenvalue weighted by Crippen LogP contribution is 2.37. The smallest absolute Gasteiger partial charge is 0.207 e. The molecule has 0 saturated heterocycles. The maximum absolute atomic E-state index is 13.7. The summed E-state index contributed by atoms with van der Waals surface area (Å²) in [6.07, 6.45) is 5.31. The Morgan fingerprint density at radius 1 is 1.28 bits per heavy atom. The van der Waals surface area contributed by atoms with Crippen molar-refractivity contribution in [2.24, 2.45) is 0 Å². The average Bonchev–Trinajstić information content (AvgIpc) is 3.58. The number of pyridine rings is 1. The van der Waals surface area contributed by atoms with Crippen molar-refractivity contribution >= 4 is 68.7 Å². The van der Waals surface area contributed by atoms with E-state index in [4.69, 9.17) is 46.4 Å². The first kappa shape index (κ1) is 23.7. The van der Waals surface area contributed by atoms with Gasteiger partial charge in [-0.2, -0.15) is 5.26 Å². The summed E-state index contributed by atoms with van der Waals surface area (Å²) in [5.41, 5.74) is 8.64. The van der Waals surface area contributed by atoms with Gasteiger partial charge in [0.2, 0.25) is 3.79 Å². The summed E-state index contributed by atoms with van der Waals surface area (Å²) >= 11 is 24.4. The molecule has 1 fully saturated rings. The largest absolute Gasteiger partial charge is 0.379 e. The van der Waals surface area contributed by atoms with Gasteiger partial charge in [0.15, 0.2) is 0 Å². The topological polar surface area (TPSA) is 88.0 Å². The normalized spacial score (nSPS) is 17.6. The molecule has 1 aliphatic carbocycles. The Kier molecular flexibility index (Phi) is 6.59. The minimum atomic E-state index is -1.61. The van der Waals surface area contributed by atoms with Gasteiger partial charge < -0.3 is 16.1 Å². The molecule has 0 radical (unpaired) electrons. The first-order valence-corrected chi connectivity index (χ1v) is 12.5. The SMILES string of the molecule is [2H][C@](Nc1cc(Cl)c2ncc(C#N)c(NCC(Cl)(Cl)Cl)c2c1)(C1=CN(C2CC2)NN1)c1ccc(F)cc1. The lowest BCUT2D eigenvalue weighted by Gasteiger charge is -2.22. The number of hydrogen-bond acceptors (Lipinski definition) is 7. The molecule has 1 saturated carbocycles. The summed E-state index contributed by atoms with van der Waals surface area (Å²) in [5, 5.41) is 18.6. The van der Waals surface area contributed by atoms with Crippen molar-refractivity contribution in [1.82, 2.24) is 21.0 Å². The van der Waals surface area contributed by atoms with Gasteiger partial charge in [-0.25, -0.2) is 4.39 Å². The molecule has 36 heavy (non-hydrogen) atoms. The van der Waals surface area contributed by atoms with Crippen LogP contribution in [-0.4, -0.2) is 26.4 Å². The Morgan fingerprint density at radius 3 is 2.69 bits per heavy atom. The van der Waals surface area contributed by atoms with Crippen molar-refractivity contribution in [3.63, 3.8) is 0 Å². The molecule has 12 heteroatoms. The summed E-state index contributed by atoms with van der Waals surface area (Å²) in [4.78, 5) is 4.33. The lowest BCUT2D eigenvalue weighted by molar-refractivity contribution is 0.260. The number of nitrogens with one attached hydrogen (secondary N) is 4. The summed E-state index contributed by atoms with van der Waals surface area (Å²) in [6, 6.07) is 9.91. The Balaban J connectivity index is 1.60. The van der Waals surface area contributed by atoms with Crippen LogP contribution in [0.4, 0.5) is 15.8 Å². The van der Waals surface area contributed by atoms with Crippen LogP contribution in [0.25, 0.3) is 10.9 Å². The van der Waals surface area contributed by atoms with E-state index in [2.05, 4.69) is 32.6 Å². The van der Waals surface area contributed by atoms with Crippen LogP contribution in [0.3, 0.4) is 0 Å². The lowest BCUT2D eigenvalue weighted by atomic mass is 10.0. The second-order valence-corrected chi connectivity index (χ2v) is 11.3. The lowest BCUT2D eigenvalue weighted by Crippen LogP contribution is -2.38. The van der Waals surface area contributed by atoms with Crippen LogP contribution in [0, 0.1) is 17.1 Å². The van der Waals surface area contributed by atoms with Gasteiger partial charge >= 0.3 is 0 Å². The zero-order valence-electron chi connectivity index (χ0n) is 19.5. The van der Waals surface area contributed by atoms with Crippen molar-refractivity contribution in [3.8, 4) is 6.07 Å². The second-order valence-electron chi connectivity index (χ2n) is 8.41. The van der Waals surface area contributed by atoms with E-state index >= 15 is 0 Å². The van der Waals surface area contributed by atoms with Gasteiger partial charge in [0.25, 0.3) is 0 Å². The molecule has 1 aromatic heterocycles. The van der Waals surface area contributed by atoms with E-state index in [1.807, 2.05) is 11.2 Å². The molecule has 7 nitrogen and oxygen atoms in total. The summed E-state index contributed by atoms with van der Waals surface area (Å²) in [6.45, 7) is -0.0713. The van der Waals surface area contributed by atoms with Crippen molar-refractivity contribution in [3.05, 3.63) is 76.5 Å². The molecule has 3 aromatic rings. The van der Waals surface area contributed by atoms with Crippen molar-refractivity contribution in [2.45, 2.75) is 28.7 Å². The van der Waals surface area contributed by atoms with Crippen LogP contribution in [0.5, 0.6) is 0 Å². The van der Waals surface area contributed by atoms with E-state index < -0.39 is 15.6 Å². The van der Waals surface area contributed by atoms with Gasteiger partial charge in [0.1, 0.15) is 11.9 Å². The van der Waals surface area contributed by atoms with Crippen molar-refractivity contribution in [2.75, 3.05) is 17.2 Å². The Morgan fingerprint density at radius 2 is 2.03 bits per heavy atom. The highest BCUT2D eigenvalue weighted by atomic mass is 35.6. The third-order valence-electron chi connectivity index (χ3n) is 5.71. The highest BCUT2D eigenvalue weighted by molar-refractivity contribution is 6.67. The summed E-state index contributed by atoms with van der Waals surface area (Å²) in [5.74, 6) is -0.411. The number of fused-ring (bicyclic) bond motifs is 1. The molecule has 2 aromatic carbocycles. The molecule has 5 rings (SSSR count). The van der Waals surface area contributed by atoms with Gasteiger partial charge in [0, 0.05) is 29.5 Å². The van der Waals surface area contributed by atoms with E-state index in [0.717, 1.165) is 12.8 Å². The number of rotatable bonds is 7. The molecule has 0 amide bonds. The Labute approximate surface area is 228 Å². The van der Waals surface area contributed by atoms with Gasteiger partial charge in [-0.15, -0.1) is 5.53 Å². The van der Waals surface area contributed by atoms with E-state index in [-0.39, 0.29) is 17.1 Å². The molecule has 1 atom stereocenters.